The van der Waals surface area contributed by atoms with E-state index in [4.69, 9.17) is 9.47 Å². The number of halogens is 3. The Kier molecular flexibility index (Phi) is 6.59. The van der Waals surface area contributed by atoms with Gasteiger partial charge in [0.25, 0.3) is 0 Å². The lowest BCUT2D eigenvalue weighted by atomic mass is 9.90. The maximum absolute atomic E-state index is 13.9. The summed E-state index contributed by atoms with van der Waals surface area (Å²) in [6.07, 6.45) is 0. The predicted molar refractivity (Wildman–Crippen MR) is 131 cm³/mol. The van der Waals surface area contributed by atoms with E-state index in [0.717, 1.165) is 16.7 Å². The maximum atomic E-state index is 13.9. The molecule has 0 aliphatic carbocycles. The third kappa shape index (κ3) is 4.63. The molecule has 1 aromatic heterocycles. The first-order chi connectivity index (χ1) is 17.9. The van der Waals surface area contributed by atoms with Crippen LogP contribution < -0.4 is 9.47 Å². The minimum absolute atomic E-state index is 0.00862. The Morgan fingerprint density at radius 1 is 1.16 bits per heavy atom. The molecule has 37 heavy (non-hydrogen) atoms. The Morgan fingerprint density at radius 3 is 2.73 bits per heavy atom. The molecule has 4 aromatic rings. The molecule has 1 aliphatic rings. The van der Waals surface area contributed by atoms with Crippen molar-refractivity contribution in [2.45, 2.75) is 33.3 Å². The van der Waals surface area contributed by atoms with Crippen LogP contribution in [0.5, 0.6) is 11.5 Å². The van der Waals surface area contributed by atoms with E-state index in [1.165, 1.54) is 25.3 Å². The number of alkyl halides is 2. The fourth-order valence-electron chi connectivity index (χ4n) is 4.65. The number of methoxy groups -OCH3 is 1. The molecular formula is C28H22F3N3O3. The number of nitrogens with zero attached hydrogens (tertiary/aromatic N) is 3. The van der Waals surface area contributed by atoms with Gasteiger partial charge < -0.3 is 18.8 Å². The summed E-state index contributed by atoms with van der Waals surface area (Å²) >= 11 is 0. The van der Waals surface area contributed by atoms with Crippen LogP contribution in [0.1, 0.15) is 35.0 Å². The van der Waals surface area contributed by atoms with Gasteiger partial charge in [-0.3, -0.25) is 0 Å². The molecular weight excluding hydrogens is 483 g/mol. The molecule has 0 radical (unpaired) electrons. The van der Waals surface area contributed by atoms with Gasteiger partial charge in [-0.15, -0.1) is 0 Å². The Morgan fingerprint density at radius 2 is 1.97 bits per heavy atom. The van der Waals surface area contributed by atoms with E-state index >= 15 is 0 Å². The number of nitriles is 1. The van der Waals surface area contributed by atoms with Crippen LogP contribution in [0.2, 0.25) is 0 Å². The van der Waals surface area contributed by atoms with Gasteiger partial charge in [-0.25, -0.2) is 9.37 Å². The summed E-state index contributed by atoms with van der Waals surface area (Å²) in [5.74, 6) is 0.493. The average Bonchev–Trinajstić information content (AvgIpc) is 3.13. The zero-order chi connectivity index (χ0) is 26.1. The van der Waals surface area contributed by atoms with Crippen LogP contribution in [-0.2, 0) is 24.5 Å². The molecule has 0 bridgehead atoms. The first kappa shape index (κ1) is 24.4. The van der Waals surface area contributed by atoms with Gasteiger partial charge in [0.2, 0.25) is 0 Å². The van der Waals surface area contributed by atoms with Crippen molar-refractivity contribution >= 4 is 16.6 Å². The smallest absolute Gasteiger partial charge is 0.387 e. The summed E-state index contributed by atoms with van der Waals surface area (Å²) in [4.78, 5) is 4.51. The van der Waals surface area contributed by atoms with Gasteiger partial charge in [0.15, 0.2) is 5.75 Å². The average molecular weight is 505 g/mol. The van der Waals surface area contributed by atoms with E-state index in [-0.39, 0.29) is 19.0 Å². The highest BCUT2D eigenvalue weighted by Crippen LogP contribution is 2.39. The number of para-hydroxylation sites is 1. The minimum atomic E-state index is -2.97. The number of allylic oxidation sites excluding steroid dienone is 1. The lowest BCUT2D eigenvalue weighted by Gasteiger charge is -2.14. The summed E-state index contributed by atoms with van der Waals surface area (Å²) in [7, 11) is 1.53. The summed E-state index contributed by atoms with van der Waals surface area (Å²) in [6.45, 7) is -0.518. The summed E-state index contributed by atoms with van der Waals surface area (Å²) < 4.78 is 57.6. The van der Waals surface area contributed by atoms with Crippen LogP contribution >= 0.6 is 0 Å². The number of rotatable bonds is 6. The minimum Gasteiger partial charge on any atom is -0.488 e. The van der Waals surface area contributed by atoms with E-state index in [2.05, 4.69) is 15.8 Å². The fourth-order valence-corrected chi connectivity index (χ4v) is 4.65. The maximum Gasteiger partial charge on any atom is 0.387 e. The summed E-state index contributed by atoms with van der Waals surface area (Å²) in [5, 5.41) is 9.67. The van der Waals surface area contributed by atoms with Gasteiger partial charge in [-0.2, -0.15) is 14.0 Å². The molecule has 3 aromatic carbocycles. The standard InChI is InChI=1S/C28H22F3N3O3/c1-16(12-32)26-20-8-6-17(10-18(20)14-36-24-11-19(29)7-9-21(24)26)13-34-22-4-3-5-23(37-28(30)31)27(22)33-25(34)15-35-2/h3-11,28H,13-15H2,1-2H3/b26-16-. The highest BCUT2D eigenvalue weighted by Gasteiger charge is 2.23. The second kappa shape index (κ2) is 9.99. The number of benzene rings is 3. The largest absolute Gasteiger partial charge is 0.488 e. The number of hydrogen-bond acceptors (Lipinski definition) is 5. The normalized spacial score (nSPS) is 14.0. The highest BCUT2D eigenvalue weighted by molar-refractivity contribution is 5.88. The van der Waals surface area contributed by atoms with E-state index in [9.17, 15) is 18.4 Å². The zero-order valence-electron chi connectivity index (χ0n) is 20.1. The molecule has 0 spiro atoms. The molecule has 188 valence electrons. The van der Waals surface area contributed by atoms with Crippen LogP contribution in [-0.4, -0.2) is 23.3 Å². The third-order valence-corrected chi connectivity index (χ3v) is 6.23. The molecule has 1 aliphatic heterocycles. The van der Waals surface area contributed by atoms with Crippen LogP contribution in [0.3, 0.4) is 0 Å². The second-order valence-corrected chi connectivity index (χ2v) is 8.58. The highest BCUT2D eigenvalue weighted by atomic mass is 19.3. The van der Waals surface area contributed by atoms with Crippen molar-refractivity contribution in [1.82, 2.24) is 9.55 Å². The van der Waals surface area contributed by atoms with Gasteiger partial charge in [0.05, 0.1) is 11.6 Å². The van der Waals surface area contributed by atoms with Crippen LogP contribution in [0.25, 0.3) is 16.6 Å². The third-order valence-electron chi connectivity index (χ3n) is 6.23. The molecule has 5 rings (SSSR count). The fraction of sp³-hybridized carbons (Fsp3) is 0.214. The number of ether oxygens (including phenoxy) is 3. The lowest BCUT2D eigenvalue weighted by Crippen LogP contribution is -2.07. The lowest BCUT2D eigenvalue weighted by molar-refractivity contribution is -0.0489. The topological polar surface area (TPSA) is 69.3 Å². The number of imidazole rings is 1. The van der Waals surface area contributed by atoms with E-state index < -0.39 is 12.4 Å². The van der Waals surface area contributed by atoms with Crippen molar-refractivity contribution in [1.29, 1.82) is 5.26 Å². The van der Waals surface area contributed by atoms with Gasteiger partial charge in [-0.1, -0.05) is 18.2 Å². The van der Waals surface area contributed by atoms with E-state index in [0.29, 0.717) is 45.9 Å². The van der Waals surface area contributed by atoms with Crippen molar-refractivity contribution in [3.8, 4) is 17.6 Å². The molecule has 9 heteroatoms. The van der Waals surface area contributed by atoms with Crippen LogP contribution in [0.4, 0.5) is 13.2 Å². The summed E-state index contributed by atoms with van der Waals surface area (Å²) in [6, 6.07) is 17.2. The number of aromatic nitrogens is 2. The van der Waals surface area contributed by atoms with Gasteiger partial charge in [0, 0.05) is 36.4 Å². The molecule has 6 nitrogen and oxygen atoms in total. The van der Waals surface area contributed by atoms with E-state index in [1.54, 1.807) is 25.1 Å². The van der Waals surface area contributed by atoms with Crippen molar-refractivity contribution in [2.75, 3.05) is 7.11 Å². The first-order valence-corrected chi connectivity index (χ1v) is 11.5. The molecule has 0 amide bonds. The quantitative estimate of drug-likeness (QED) is 0.292. The summed E-state index contributed by atoms with van der Waals surface area (Å²) in [5.41, 5.74) is 5.33. The van der Waals surface area contributed by atoms with Gasteiger partial charge in [-0.05, 0) is 53.9 Å². The predicted octanol–water partition coefficient (Wildman–Crippen LogP) is 6.21. The Hall–Kier alpha value is -4.29. The van der Waals surface area contributed by atoms with Crippen molar-refractivity contribution in [3.63, 3.8) is 0 Å². The van der Waals surface area contributed by atoms with Crippen LogP contribution in [0, 0.1) is 17.1 Å². The van der Waals surface area contributed by atoms with Crippen molar-refractivity contribution in [2.24, 2.45) is 0 Å². The zero-order valence-corrected chi connectivity index (χ0v) is 20.1. The molecule has 0 atom stereocenters. The monoisotopic (exact) mass is 505 g/mol. The van der Waals surface area contributed by atoms with Gasteiger partial charge in [0.1, 0.15) is 36.1 Å². The van der Waals surface area contributed by atoms with Crippen molar-refractivity contribution in [3.05, 3.63) is 94.1 Å². The molecule has 0 saturated heterocycles. The Bertz CT molecular complexity index is 1570. The van der Waals surface area contributed by atoms with E-state index in [1.807, 2.05) is 22.8 Å². The number of fused-ring (bicyclic) bond motifs is 3. The molecule has 0 fully saturated rings. The molecule has 0 unspecified atom stereocenters. The molecule has 0 saturated carbocycles. The number of hydrogen-bond donors (Lipinski definition) is 0. The molecule has 2 heterocycles. The second-order valence-electron chi connectivity index (χ2n) is 8.58. The van der Waals surface area contributed by atoms with Crippen molar-refractivity contribution < 1.29 is 27.4 Å². The van der Waals surface area contributed by atoms with Crippen LogP contribution in [0.15, 0.2) is 60.2 Å². The first-order valence-electron chi connectivity index (χ1n) is 11.5. The Labute approximate surface area is 211 Å². The molecule has 0 N–H and O–H groups in total. The van der Waals surface area contributed by atoms with Gasteiger partial charge >= 0.3 is 6.61 Å². The Balaban J connectivity index is 1.59. The SMILES string of the molecule is COCc1nc2c(OC(F)F)cccc2n1Cc1ccc2c(c1)COc1cc(F)ccc1/C2=C(/C)C#N.